The first-order valence-corrected chi connectivity index (χ1v) is 3.75. The number of phenolic OH excluding ortho intramolecular Hbond substituents is 1. The Morgan fingerprint density at radius 2 is 2.25 bits per heavy atom. The quantitative estimate of drug-likeness (QED) is 0.578. The molecule has 1 N–H and O–H groups in total. The minimum atomic E-state index is 0.266. The minimum Gasteiger partial charge on any atom is -0.508 e. The van der Waals surface area contributed by atoms with E-state index in [1.54, 1.807) is 24.4 Å². The van der Waals surface area contributed by atoms with Crippen LogP contribution in [0.3, 0.4) is 0 Å². The Balaban J connectivity index is 2.78. The van der Waals surface area contributed by atoms with Crippen molar-refractivity contribution in [3.63, 3.8) is 0 Å². The summed E-state index contributed by atoms with van der Waals surface area (Å²) >= 11 is 0. The van der Waals surface area contributed by atoms with E-state index in [-0.39, 0.29) is 5.75 Å². The van der Waals surface area contributed by atoms with E-state index in [1.807, 2.05) is 6.08 Å². The van der Waals surface area contributed by atoms with Gasteiger partial charge in [-0.3, -0.25) is 0 Å². The van der Waals surface area contributed by atoms with E-state index < -0.39 is 0 Å². The fourth-order valence-corrected chi connectivity index (χ4v) is 1.13. The smallest absolute Gasteiger partial charge is 0.116 e. The van der Waals surface area contributed by atoms with Crippen LogP contribution in [0.25, 0.3) is 6.08 Å². The average molecular weight is 160 g/mol. The highest BCUT2D eigenvalue weighted by molar-refractivity contribution is 5.65. The fraction of sp³-hybridized carbons (Fsp3) is 0.111. The van der Waals surface area contributed by atoms with E-state index in [0.717, 1.165) is 17.0 Å². The van der Waals surface area contributed by atoms with E-state index in [4.69, 9.17) is 0 Å². The summed E-state index contributed by atoms with van der Waals surface area (Å²) in [6.45, 7) is 0. The summed E-state index contributed by atoms with van der Waals surface area (Å²) in [7, 11) is 0. The van der Waals surface area contributed by atoms with Crippen molar-refractivity contribution < 1.29 is 5.11 Å². The minimum absolute atomic E-state index is 0.266. The molecule has 0 saturated heterocycles. The average Bonchev–Trinajstić information content (AvgIpc) is 2.28. The highest BCUT2D eigenvalue weighted by atomic mass is 16.3. The molecule has 1 aliphatic rings. The van der Waals surface area contributed by atoms with Crippen LogP contribution in [0.15, 0.2) is 28.4 Å². The van der Waals surface area contributed by atoms with Gasteiger partial charge < -0.3 is 5.11 Å². The van der Waals surface area contributed by atoms with Gasteiger partial charge in [-0.2, -0.15) is 10.2 Å². The van der Waals surface area contributed by atoms with Crippen molar-refractivity contribution in [1.82, 2.24) is 0 Å². The Hall–Kier alpha value is -1.64. The molecular weight excluding hydrogens is 152 g/mol. The van der Waals surface area contributed by atoms with Crippen LogP contribution in [0.4, 0.5) is 0 Å². The number of benzene rings is 1. The molecule has 2 rings (SSSR count). The predicted molar refractivity (Wildman–Crippen MR) is 46.5 cm³/mol. The number of hydrogen-bond acceptors (Lipinski definition) is 3. The van der Waals surface area contributed by atoms with Gasteiger partial charge in [0.1, 0.15) is 5.75 Å². The second-order valence-corrected chi connectivity index (χ2v) is 2.58. The zero-order valence-electron chi connectivity index (χ0n) is 6.44. The van der Waals surface area contributed by atoms with Gasteiger partial charge in [-0.1, -0.05) is 6.08 Å². The largest absolute Gasteiger partial charge is 0.508 e. The standard InChI is InChI=1S/C9H8N2O/c12-8-3-4-9-7(6-8)2-1-5-10-11-9/h2-6,12H,1H2. The zero-order chi connectivity index (χ0) is 8.39. The molecule has 12 heavy (non-hydrogen) atoms. The number of hydrogen-bond donors (Lipinski definition) is 1. The van der Waals surface area contributed by atoms with Crippen LogP contribution in [0, 0.1) is 0 Å². The first-order chi connectivity index (χ1) is 5.86. The lowest BCUT2D eigenvalue weighted by Gasteiger charge is -1.89. The lowest BCUT2D eigenvalue weighted by Crippen LogP contribution is -2.22. The molecule has 0 aromatic heterocycles. The number of rotatable bonds is 0. The van der Waals surface area contributed by atoms with Crippen molar-refractivity contribution in [3.05, 3.63) is 28.8 Å². The molecule has 0 amide bonds. The molecule has 1 heterocycles. The molecule has 1 aliphatic heterocycles. The van der Waals surface area contributed by atoms with Crippen molar-refractivity contribution in [3.8, 4) is 5.75 Å². The summed E-state index contributed by atoms with van der Waals surface area (Å²) in [5.41, 5.74) is 0. The van der Waals surface area contributed by atoms with Gasteiger partial charge in [-0.05, 0) is 18.2 Å². The van der Waals surface area contributed by atoms with Gasteiger partial charge in [-0.15, -0.1) is 0 Å². The molecule has 1 aromatic carbocycles. The lowest BCUT2D eigenvalue weighted by molar-refractivity contribution is 0.474. The van der Waals surface area contributed by atoms with Crippen LogP contribution in [0.2, 0.25) is 0 Å². The molecular formula is C9H8N2O. The molecule has 0 aliphatic carbocycles. The fourth-order valence-electron chi connectivity index (χ4n) is 1.13. The van der Waals surface area contributed by atoms with Crippen LogP contribution < -0.4 is 10.6 Å². The van der Waals surface area contributed by atoms with Crippen molar-refractivity contribution in [2.24, 2.45) is 10.2 Å². The Morgan fingerprint density at radius 1 is 1.33 bits per heavy atom. The van der Waals surface area contributed by atoms with Crippen LogP contribution in [-0.2, 0) is 0 Å². The van der Waals surface area contributed by atoms with Crippen LogP contribution in [0.1, 0.15) is 6.42 Å². The van der Waals surface area contributed by atoms with E-state index in [9.17, 15) is 5.11 Å². The number of nitrogens with zero attached hydrogens (tertiary/aromatic N) is 2. The molecule has 1 aromatic rings. The first-order valence-electron chi connectivity index (χ1n) is 3.75. The molecule has 0 spiro atoms. The summed E-state index contributed by atoms with van der Waals surface area (Å²) < 4.78 is 0. The Kier molecular flexibility index (Phi) is 1.63. The summed E-state index contributed by atoms with van der Waals surface area (Å²) in [4.78, 5) is 0. The van der Waals surface area contributed by atoms with Crippen molar-refractivity contribution in [2.45, 2.75) is 6.42 Å². The van der Waals surface area contributed by atoms with E-state index >= 15 is 0 Å². The SMILES string of the molecule is Oc1ccc2c(c1)=CCC=NN=2. The molecule has 3 nitrogen and oxygen atoms in total. The van der Waals surface area contributed by atoms with Gasteiger partial charge in [0, 0.05) is 17.9 Å². The molecule has 0 bridgehead atoms. The molecule has 3 heteroatoms. The third kappa shape index (κ3) is 1.21. The molecule has 0 saturated carbocycles. The third-order valence-electron chi connectivity index (χ3n) is 1.70. The number of aromatic hydroxyl groups is 1. The van der Waals surface area contributed by atoms with Gasteiger partial charge in [0.15, 0.2) is 0 Å². The molecule has 0 unspecified atom stereocenters. The highest BCUT2D eigenvalue weighted by Gasteiger charge is 1.91. The second-order valence-electron chi connectivity index (χ2n) is 2.58. The monoisotopic (exact) mass is 160 g/mol. The Labute approximate surface area is 69.4 Å². The summed E-state index contributed by atoms with van der Waals surface area (Å²) in [5.74, 6) is 0.266. The topological polar surface area (TPSA) is 45.0 Å². The first kappa shape index (κ1) is 7.03. The lowest BCUT2D eigenvalue weighted by atomic mass is 10.2. The number of fused-ring (bicyclic) bond motifs is 1. The van der Waals surface area contributed by atoms with E-state index in [1.165, 1.54) is 0 Å². The van der Waals surface area contributed by atoms with E-state index in [0.29, 0.717) is 0 Å². The van der Waals surface area contributed by atoms with Crippen molar-refractivity contribution in [2.75, 3.05) is 0 Å². The van der Waals surface area contributed by atoms with Crippen molar-refractivity contribution >= 4 is 12.3 Å². The Morgan fingerprint density at radius 3 is 3.17 bits per heavy atom. The van der Waals surface area contributed by atoms with Crippen LogP contribution in [-0.4, -0.2) is 11.3 Å². The molecule has 0 atom stereocenters. The second kappa shape index (κ2) is 2.77. The zero-order valence-corrected chi connectivity index (χ0v) is 6.44. The van der Waals surface area contributed by atoms with Gasteiger partial charge in [-0.25, -0.2) is 0 Å². The summed E-state index contributed by atoms with van der Waals surface area (Å²) in [5, 5.41) is 18.7. The van der Waals surface area contributed by atoms with Gasteiger partial charge in [0.2, 0.25) is 0 Å². The summed E-state index contributed by atoms with van der Waals surface area (Å²) in [6, 6.07) is 5.05. The maximum Gasteiger partial charge on any atom is 0.116 e. The number of phenols is 1. The van der Waals surface area contributed by atoms with Crippen LogP contribution in [0.5, 0.6) is 5.75 Å². The van der Waals surface area contributed by atoms with E-state index in [2.05, 4.69) is 10.2 Å². The summed E-state index contributed by atoms with van der Waals surface area (Å²) in [6.07, 6.45) is 4.48. The Bertz CT molecular complexity index is 434. The van der Waals surface area contributed by atoms with Gasteiger partial charge in [0.25, 0.3) is 0 Å². The maximum absolute atomic E-state index is 9.18. The van der Waals surface area contributed by atoms with Crippen molar-refractivity contribution in [1.29, 1.82) is 0 Å². The third-order valence-corrected chi connectivity index (χ3v) is 1.70. The molecule has 0 radical (unpaired) electrons. The van der Waals surface area contributed by atoms with Crippen LogP contribution >= 0.6 is 0 Å². The van der Waals surface area contributed by atoms with Gasteiger partial charge in [0.05, 0.1) is 5.36 Å². The normalized spacial score (nSPS) is 14.0. The van der Waals surface area contributed by atoms with Gasteiger partial charge >= 0.3 is 0 Å². The molecule has 0 fully saturated rings. The predicted octanol–water partition coefficient (Wildman–Crippen LogP) is 0.182. The highest BCUT2D eigenvalue weighted by Crippen LogP contribution is 1.98. The molecule has 60 valence electrons. The maximum atomic E-state index is 9.18.